The molecule has 0 saturated heterocycles. The fraction of sp³-hybridized carbons (Fsp3) is 0.273. The Morgan fingerprint density at radius 3 is 2.62 bits per heavy atom. The van der Waals surface area contributed by atoms with Gasteiger partial charge in [-0.1, -0.05) is 24.3 Å². The molecule has 0 saturated carbocycles. The van der Waals surface area contributed by atoms with Crippen LogP contribution in [0.4, 0.5) is 0 Å². The minimum atomic E-state index is 0.222. The SMILES string of the molecule is CC(=O)CCc1ccc(C2=NNNN2)cc1. The summed E-state index contributed by atoms with van der Waals surface area (Å²) in [4.78, 5) is 10.8. The first-order valence-corrected chi connectivity index (χ1v) is 5.18. The van der Waals surface area contributed by atoms with E-state index in [1.165, 1.54) is 5.56 Å². The van der Waals surface area contributed by atoms with Crippen molar-refractivity contribution >= 4 is 11.6 Å². The molecule has 3 N–H and O–H groups in total. The standard InChI is InChI=1S/C11H14N4O/c1-8(16)2-3-9-4-6-10(7-5-9)11-12-14-15-13-11/h4-7,14-15H,2-3H2,1H3,(H,12,13). The first-order valence-electron chi connectivity index (χ1n) is 5.18. The van der Waals surface area contributed by atoms with E-state index in [0.29, 0.717) is 6.42 Å². The molecule has 1 aromatic carbocycles. The first kappa shape index (κ1) is 10.6. The van der Waals surface area contributed by atoms with Gasteiger partial charge in [-0.3, -0.25) is 5.43 Å². The monoisotopic (exact) mass is 218 g/mol. The molecule has 0 spiro atoms. The zero-order valence-corrected chi connectivity index (χ0v) is 9.08. The number of amidine groups is 1. The van der Waals surface area contributed by atoms with Gasteiger partial charge in [-0.25, -0.2) is 5.53 Å². The number of benzene rings is 1. The number of rotatable bonds is 4. The molecule has 0 unspecified atom stereocenters. The molecule has 0 aromatic heterocycles. The van der Waals surface area contributed by atoms with Crippen molar-refractivity contribution in [1.82, 2.24) is 16.5 Å². The van der Waals surface area contributed by atoms with Crippen LogP contribution in [-0.4, -0.2) is 11.6 Å². The van der Waals surface area contributed by atoms with E-state index < -0.39 is 0 Å². The number of carbonyl (C=O) groups excluding carboxylic acids is 1. The predicted octanol–water partition coefficient (Wildman–Crippen LogP) is 0.482. The van der Waals surface area contributed by atoms with Crippen LogP contribution in [0.2, 0.25) is 0 Å². The highest BCUT2D eigenvalue weighted by molar-refractivity contribution is 5.98. The van der Waals surface area contributed by atoms with Crippen molar-refractivity contribution < 1.29 is 4.79 Å². The number of ketones is 1. The van der Waals surface area contributed by atoms with Crippen molar-refractivity contribution in [2.75, 3.05) is 0 Å². The molecule has 2 rings (SSSR count). The van der Waals surface area contributed by atoms with Crippen LogP contribution in [-0.2, 0) is 11.2 Å². The number of hydrogen-bond donors (Lipinski definition) is 3. The zero-order chi connectivity index (χ0) is 11.4. The maximum absolute atomic E-state index is 10.8. The van der Waals surface area contributed by atoms with E-state index >= 15 is 0 Å². The maximum atomic E-state index is 10.8. The van der Waals surface area contributed by atoms with Crippen molar-refractivity contribution in [2.24, 2.45) is 5.10 Å². The number of nitrogens with zero attached hydrogens (tertiary/aromatic N) is 1. The van der Waals surface area contributed by atoms with E-state index in [1.54, 1.807) is 6.92 Å². The van der Waals surface area contributed by atoms with Crippen LogP contribution in [0.15, 0.2) is 29.4 Å². The lowest BCUT2D eigenvalue weighted by atomic mass is 10.1. The summed E-state index contributed by atoms with van der Waals surface area (Å²) in [5.41, 5.74) is 10.3. The second-order valence-electron chi connectivity index (χ2n) is 3.72. The molecular formula is C11H14N4O. The molecule has 0 atom stereocenters. The molecule has 5 heteroatoms. The van der Waals surface area contributed by atoms with Gasteiger partial charge in [0, 0.05) is 12.0 Å². The molecule has 0 fully saturated rings. The smallest absolute Gasteiger partial charge is 0.170 e. The fourth-order valence-electron chi connectivity index (χ4n) is 1.49. The number of aryl methyl sites for hydroxylation is 1. The van der Waals surface area contributed by atoms with Gasteiger partial charge in [0.2, 0.25) is 0 Å². The quantitative estimate of drug-likeness (QED) is 0.688. The normalized spacial score (nSPS) is 13.9. The van der Waals surface area contributed by atoms with E-state index in [0.717, 1.165) is 17.8 Å². The van der Waals surface area contributed by atoms with Gasteiger partial charge in [-0.15, -0.1) is 10.6 Å². The van der Waals surface area contributed by atoms with Crippen molar-refractivity contribution in [3.8, 4) is 0 Å². The molecule has 1 heterocycles. The van der Waals surface area contributed by atoms with Crippen LogP contribution in [0.5, 0.6) is 0 Å². The van der Waals surface area contributed by atoms with E-state index in [4.69, 9.17) is 0 Å². The van der Waals surface area contributed by atoms with E-state index in [1.807, 2.05) is 24.3 Å². The highest BCUT2D eigenvalue weighted by atomic mass is 16.1. The third-order valence-corrected chi connectivity index (χ3v) is 2.40. The molecule has 1 aliphatic rings. The van der Waals surface area contributed by atoms with Crippen molar-refractivity contribution in [3.05, 3.63) is 35.4 Å². The lowest BCUT2D eigenvalue weighted by Crippen LogP contribution is -2.35. The van der Waals surface area contributed by atoms with Crippen molar-refractivity contribution in [1.29, 1.82) is 0 Å². The van der Waals surface area contributed by atoms with Gasteiger partial charge in [0.05, 0.1) is 0 Å². The number of hydrazone groups is 1. The molecule has 1 aromatic rings. The van der Waals surface area contributed by atoms with Gasteiger partial charge in [-0.2, -0.15) is 0 Å². The summed E-state index contributed by atoms with van der Waals surface area (Å²) in [6, 6.07) is 7.99. The minimum absolute atomic E-state index is 0.222. The summed E-state index contributed by atoms with van der Waals surface area (Å²) in [6.07, 6.45) is 1.40. The molecule has 16 heavy (non-hydrogen) atoms. The minimum Gasteiger partial charge on any atom is -0.300 e. The summed E-state index contributed by atoms with van der Waals surface area (Å²) in [5, 5.41) is 4.00. The average molecular weight is 218 g/mol. The second-order valence-corrected chi connectivity index (χ2v) is 3.72. The average Bonchev–Trinajstić information content (AvgIpc) is 2.80. The van der Waals surface area contributed by atoms with Crippen LogP contribution in [0.25, 0.3) is 0 Å². The lowest BCUT2D eigenvalue weighted by Gasteiger charge is -2.03. The van der Waals surface area contributed by atoms with Crippen LogP contribution < -0.4 is 16.5 Å². The lowest BCUT2D eigenvalue weighted by molar-refractivity contribution is -0.116. The Balaban J connectivity index is 2.01. The Labute approximate surface area is 93.9 Å². The molecule has 0 bridgehead atoms. The maximum Gasteiger partial charge on any atom is 0.170 e. The number of hydrogen-bond acceptors (Lipinski definition) is 5. The second kappa shape index (κ2) is 4.76. The van der Waals surface area contributed by atoms with Gasteiger partial charge in [0.25, 0.3) is 0 Å². The predicted molar refractivity (Wildman–Crippen MR) is 61.4 cm³/mol. The highest BCUT2D eigenvalue weighted by Gasteiger charge is 2.06. The summed E-state index contributed by atoms with van der Waals surface area (Å²) < 4.78 is 0. The summed E-state index contributed by atoms with van der Waals surface area (Å²) >= 11 is 0. The van der Waals surface area contributed by atoms with E-state index in [2.05, 4.69) is 21.6 Å². The number of nitrogens with one attached hydrogen (secondary N) is 3. The third kappa shape index (κ3) is 2.58. The van der Waals surface area contributed by atoms with Crippen LogP contribution in [0.1, 0.15) is 24.5 Å². The Bertz CT molecular complexity index is 410. The number of Topliss-reactive ketones (excluding diaryl/α,β-unsaturated/α-hetero) is 1. The zero-order valence-electron chi connectivity index (χ0n) is 9.08. The number of hydrazine groups is 2. The van der Waals surface area contributed by atoms with Crippen LogP contribution >= 0.6 is 0 Å². The molecule has 1 aliphatic heterocycles. The Morgan fingerprint density at radius 2 is 2.06 bits per heavy atom. The van der Waals surface area contributed by atoms with Crippen molar-refractivity contribution in [2.45, 2.75) is 19.8 Å². The van der Waals surface area contributed by atoms with Gasteiger partial charge in [-0.05, 0) is 18.9 Å². The molecule has 0 amide bonds. The topological polar surface area (TPSA) is 65.5 Å². The molecule has 5 nitrogen and oxygen atoms in total. The molecular weight excluding hydrogens is 204 g/mol. The summed E-state index contributed by atoms with van der Waals surface area (Å²) in [7, 11) is 0. The Morgan fingerprint density at radius 1 is 1.31 bits per heavy atom. The van der Waals surface area contributed by atoms with Gasteiger partial charge >= 0.3 is 0 Å². The Kier molecular flexibility index (Phi) is 3.16. The van der Waals surface area contributed by atoms with Gasteiger partial charge in [0.15, 0.2) is 5.84 Å². The largest absolute Gasteiger partial charge is 0.300 e. The molecule has 0 aliphatic carbocycles. The molecule has 84 valence electrons. The summed E-state index contributed by atoms with van der Waals surface area (Å²) in [5.74, 6) is 0.984. The third-order valence-electron chi connectivity index (χ3n) is 2.40. The first-order chi connectivity index (χ1) is 7.75. The fourth-order valence-corrected chi connectivity index (χ4v) is 1.49. The van der Waals surface area contributed by atoms with E-state index in [-0.39, 0.29) is 5.78 Å². The molecule has 0 radical (unpaired) electrons. The van der Waals surface area contributed by atoms with E-state index in [9.17, 15) is 4.79 Å². The summed E-state index contributed by atoms with van der Waals surface area (Å²) in [6.45, 7) is 1.61. The van der Waals surface area contributed by atoms with Crippen LogP contribution in [0, 0.1) is 0 Å². The van der Waals surface area contributed by atoms with Crippen molar-refractivity contribution in [3.63, 3.8) is 0 Å². The number of carbonyl (C=O) groups is 1. The van der Waals surface area contributed by atoms with Gasteiger partial charge in [0.1, 0.15) is 5.78 Å². The van der Waals surface area contributed by atoms with Gasteiger partial charge < -0.3 is 4.79 Å². The Hall–Kier alpha value is -1.88. The van der Waals surface area contributed by atoms with Crippen LogP contribution in [0.3, 0.4) is 0 Å². The highest BCUT2D eigenvalue weighted by Crippen LogP contribution is 2.07.